The Kier molecular flexibility index (Phi) is 4.92. The Balaban J connectivity index is 1.70. The van der Waals surface area contributed by atoms with Crippen LogP contribution in [-0.4, -0.2) is 10.9 Å². The number of halogens is 2. The van der Waals surface area contributed by atoms with E-state index in [4.69, 9.17) is 11.6 Å². The van der Waals surface area contributed by atoms with Crippen LogP contribution in [0.2, 0.25) is 5.02 Å². The molecule has 0 saturated carbocycles. The van der Waals surface area contributed by atoms with Gasteiger partial charge in [-0.1, -0.05) is 29.8 Å². The zero-order valence-electron chi connectivity index (χ0n) is 12.8. The van der Waals surface area contributed by atoms with Gasteiger partial charge < -0.3 is 5.32 Å². The maximum atomic E-state index is 13.1. The van der Waals surface area contributed by atoms with Crippen LogP contribution in [0.1, 0.15) is 11.3 Å². The average Bonchev–Trinajstić information content (AvgIpc) is 2.99. The second kappa shape index (κ2) is 7.11. The van der Waals surface area contributed by atoms with Crippen LogP contribution in [0.15, 0.2) is 47.8 Å². The Morgan fingerprint density at radius 2 is 2.08 bits per heavy atom. The van der Waals surface area contributed by atoms with Crippen LogP contribution in [0.25, 0.3) is 10.6 Å². The lowest BCUT2D eigenvalue weighted by atomic mass is 10.2. The van der Waals surface area contributed by atoms with Crippen molar-refractivity contribution in [1.29, 1.82) is 0 Å². The van der Waals surface area contributed by atoms with E-state index >= 15 is 0 Å². The van der Waals surface area contributed by atoms with Crippen LogP contribution in [0.5, 0.6) is 0 Å². The van der Waals surface area contributed by atoms with Crippen molar-refractivity contribution in [2.24, 2.45) is 0 Å². The van der Waals surface area contributed by atoms with Crippen LogP contribution >= 0.6 is 22.9 Å². The minimum atomic E-state index is -0.325. The summed E-state index contributed by atoms with van der Waals surface area (Å²) in [4.78, 5) is 16.6. The molecule has 3 rings (SSSR count). The van der Waals surface area contributed by atoms with E-state index in [-0.39, 0.29) is 18.1 Å². The Labute approximate surface area is 148 Å². The van der Waals surface area contributed by atoms with E-state index in [1.54, 1.807) is 13.0 Å². The van der Waals surface area contributed by atoms with Crippen molar-refractivity contribution in [2.75, 3.05) is 5.32 Å². The molecule has 1 N–H and O–H groups in total. The summed E-state index contributed by atoms with van der Waals surface area (Å²) in [6.07, 6.45) is 0.151. The third-order valence-electron chi connectivity index (χ3n) is 3.46. The summed E-state index contributed by atoms with van der Waals surface area (Å²) in [5.41, 5.74) is 2.80. The van der Waals surface area contributed by atoms with Gasteiger partial charge in [0.15, 0.2) is 0 Å². The number of aromatic nitrogens is 1. The largest absolute Gasteiger partial charge is 0.326 e. The highest BCUT2D eigenvalue weighted by atomic mass is 35.5. The van der Waals surface area contributed by atoms with E-state index < -0.39 is 0 Å². The zero-order chi connectivity index (χ0) is 17.1. The van der Waals surface area contributed by atoms with Gasteiger partial charge in [-0.15, -0.1) is 11.3 Å². The Bertz CT molecular complexity index is 894. The minimum Gasteiger partial charge on any atom is -0.326 e. The van der Waals surface area contributed by atoms with Crippen molar-refractivity contribution in [1.82, 2.24) is 4.98 Å². The van der Waals surface area contributed by atoms with Crippen molar-refractivity contribution < 1.29 is 9.18 Å². The van der Waals surface area contributed by atoms with Crippen LogP contribution in [0.3, 0.4) is 0 Å². The summed E-state index contributed by atoms with van der Waals surface area (Å²) in [7, 11) is 0. The summed E-state index contributed by atoms with van der Waals surface area (Å²) < 4.78 is 13.1. The van der Waals surface area contributed by atoms with Crippen molar-refractivity contribution in [2.45, 2.75) is 13.3 Å². The summed E-state index contributed by atoms with van der Waals surface area (Å²) in [5.74, 6) is -0.518. The number of aryl methyl sites for hydroxylation is 1. The first-order chi connectivity index (χ1) is 11.5. The maximum Gasteiger partial charge on any atom is 0.230 e. The predicted octanol–water partition coefficient (Wildman–Crippen LogP) is 5.09. The van der Waals surface area contributed by atoms with E-state index in [0.717, 1.165) is 10.6 Å². The Morgan fingerprint density at radius 3 is 2.83 bits per heavy atom. The van der Waals surface area contributed by atoms with E-state index in [2.05, 4.69) is 10.3 Å². The minimum absolute atomic E-state index is 0.151. The molecule has 1 heterocycles. The fourth-order valence-electron chi connectivity index (χ4n) is 2.27. The normalized spacial score (nSPS) is 10.6. The molecule has 0 saturated heterocycles. The molecule has 6 heteroatoms. The van der Waals surface area contributed by atoms with Crippen LogP contribution in [-0.2, 0) is 11.2 Å². The number of nitrogens with zero attached hydrogens (tertiary/aromatic N) is 1. The van der Waals surface area contributed by atoms with Gasteiger partial charge in [0.25, 0.3) is 0 Å². The number of carbonyl (C=O) groups is 1. The number of thiazole rings is 1. The number of hydrogen-bond donors (Lipinski definition) is 1. The van der Waals surface area contributed by atoms with Crippen molar-refractivity contribution in [3.8, 4) is 10.6 Å². The molecule has 0 aliphatic carbocycles. The van der Waals surface area contributed by atoms with Gasteiger partial charge >= 0.3 is 0 Å². The fourth-order valence-corrected chi connectivity index (χ4v) is 3.41. The van der Waals surface area contributed by atoms with E-state index in [1.807, 2.05) is 29.6 Å². The van der Waals surface area contributed by atoms with E-state index in [9.17, 15) is 9.18 Å². The van der Waals surface area contributed by atoms with Gasteiger partial charge in [-0.05, 0) is 36.8 Å². The number of carbonyl (C=O) groups excluding carboxylic acids is 1. The van der Waals surface area contributed by atoms with Gasteiger partial charge in [-0.2, -0.15) is 0 Å². The standard InChI is InChI=1S/C18H14ClFN2OS/c1-11-8-12(20)6-7-16(11)22-17(23)9-13-10-24-18(21-13)14-4-2-3-5-15(14)19/h2-8,10H,9H2,1H3,(H,22,23). The number of hydrogen-bond acceptors (Lipinski definition) is 3. The highest BCUT2D eigenvalue weighted by Crippen LogP contribution is 2.30. The first-order valence-electron chi connectivity index (χ1n) is 7.28. The molecule has 0 aliphatic rings. The summed E-state index contributed by atoms with van der Waals surface area (Å²) >= 11 is 7.61. The van der Waals surface area contributed by atoms with Gasteiger partial charge in [-0.25, -0.2) is 9.37 Å². The Morgan fingerprint density at radius 1 is 1.29 bits per heavy atom. The topological polar surface area (TPSA) is 42.0 Å². The number of anilines is 1. The van der Waals surface area contributed by atoms with Gasteiger partial charge in [0, 0.05) is 16.6 Å². The van der Waals surface area contributed by atoms with Crippen molar-refractivity contribution >= 4 is 34.5 Å². The first kappa shape index (κ1) is 16.6. The quantitative estimate of drug-likeness (QED) is 0.704. The Hall–Kier alpha value is -2.24. The third-order valence-corrected chi connectivity index (χ3v) is 4.71. The zero-order valence-corrected chi connectivity index (χ0v) is 14.4. The second-order valence-corrected chi connectivity index (χ2v) is 6.57. The number of amides is 1. The lowest BCUT2D eigenvalue weighted by Gasteiger charge is -2.07. The van der Waals surface area contributed by atoms with Crippen molar-refractivity contribution in [3.05, 3.63) is 69.9 Å². The molecule has 1 amide bonds. The molecule has 2 aromatic carbocycles. The SMILES string of the molecule is Cc1cc(F)ccc1NC(=O)Cc1csc(-c2ccccc2Cl)n1. The van der Waals surface area contributed by atoms with Gasteiger partial charge in [-0.3, -0.25) is 4.79 Å². The monoisotopic (exact) mass is 360 g/mol. The molecule has 1 aromatic heterocycles. The van der Waals surface area contributed by atoms with Crippen molar-refractivity contribution in [3.63, 3.8) is 0 Å². The third kappa shape index (κ3) is 3.80. The predicted molar refractivity (Wildman–Crippen MR) is 96.0 cm³/mol. The van der Waals surface area contributed by atoms with E-state index in [0.29, 0.717) is 22.0 Å². The first-order valence-corrected chi connectivity index (χ1v) is 8.54. The number of benzene rings is 2. The molecule has 0 radical (unpaired) electrons. The number of rotatable bonds is 4. The average molecular weight is 361 g/mol. The van der Waals surface area contributed by atoms with Gasteiger partial charge in [0.1, 0.15) is 10.8 Å². The molecule has 3 nitrogen and oxygen atoms in total. The molecule has 0 unspecified atom stereocenters. The maximum absolute atomic E-state index is 13.1. The lowest BCUT2D eigenvalue weighted by Crippen LogP contribution is -2.15. The smallest absolute Gasteiger partial charge is 0.230 e. The second-order valence-electron chi connectivity index (χ2n) is 5.31. The number of nitrogens with one attached hydrogen (secondary N) is 1. The molecule has 0 bridgehead atoms. The molecule has 3 aromatic rings. The summed E-state index contributed by atoms with van der Waals surface area (Å²) in [6, 6.07) is 11.7. The summed E-state index contributed by atoms with van der Waals surface area (Å²) in [6.45, 7) is 1.75. The molecule has 0 fully saturated rings. The van der Waals surface area contributed by atoms with E-state index in [1.165, 1.54) is 23.5 Å². The molecule has 0 aliphatic heterocycles. The summed E-state index contributed by atoms with van der Waals surface area (Å²) in [5, 5.41) is 6.03. The fraction of sp³-hybridized carbons (Fsp3) is 0.111. The van der Waals surface area contributed by atoms with Crippen LogP contribution in [0, 0.1) is 12.7 Å². The van der Waals surface area contributed by atoms with Crippen LogP contribution < -0.4 is 5.32 Å². The highest BCUT2D eigenvalue weighted by Gasteiger charge is 2.12. The van der Waals surface area contributed by atoms with Gasteiger partial charge in [0.2, 0.25) is 5.91 Å². The molecular formula is C18H14ClFN2OS. The molecular weight excluding hydrogens is 347 g/mol. The van der Waals surface area contributed by atoms with Crippen LogP contribution in [0.4, 0.5) is 10.1 Å². The highest BCUT2D eigenvalue weighted by molar-refractivity contribution is 7.13. The lowest BCUT2D eigenvalue weighted by molar-refractivity contribution is -0.115. The molecule has 0 atom stereocenters. The molecule has 0 spiro atoms. The molecule has 122 valence electrons. The molecule has 24 heavy (non-hydrogen) atoms. The van der Waals surface area contributed by atoms with Gasteiger partial charge in [0.05, 0.1) is 17.1 Å².